The van der Waals surface area contributed by atoms with Crippen LogP contribution in [0.5, 0.6) is 0 Å². The molecule has 1 saturated carbocycles. The second kappa shape index (κ2) is 9.08. The van der Waals surface area contributed by atoms with Gasteiger partial charge in [0.1, 0.15) is 5.82 Å². The lowest BCUT2D eigenvalue weighted by Crippen LogP contribution is -2.37. The molecule has 2 heterocycles. The fourth-order valence-electron chi connectivity index (χ4n) is 5.41. The zero-order chi connectivity index (χ0) is 23.2. The zero-order valence-electron chi connectivity index (χ0n) is 18.4. The minimum atomic E-state index is -4.40. The first kappa shape index (κ1) is 22.9. The summed E-state index contributed by atoms with van der Waals surface area (Å²) in [5.41, 5.74) is 8.91. The van der Waals surface area contributed by atoms with Gasteiger partial charge in [-0.3, -0.25) is 0 Å². The van der Waals surface area contributed by atoms with E-state index in [0.717, 1.165) is 72.3 Å². The van der Waals surface area contributed by atoms with Crippen molar-refractivity contribution in [3.05, 3.63) is 64.5 Å². The van der Waals surface area contributed by atoms with Gasteiger partial charge in [-0.2, -0.15) is 13.2 Å². The van der Waals surface area contributed by atoms with Crippen molar-refractivity contribution in [3.63, 3.8) is 0 Å². The average Bonchev–Trinajstić information content (AvgIpc) is 2.78. The number of fused-ring (bicyclic) bond motifs is 2. The summed E-state index contributed by atoms with van der Waals surface area (Å²) in [5, 5.41) is 0. The molecule has 0 unspecified atom stereocenters. The summed E-state index contributed by atoms with van der Waals surface area (Å²) in [7, 11) is 0. The molecule has 3 aliphatic rings. The Hall–Kier alpha value is -1.83. The first-order valence-corrected chi connectivity index (χ1v) is 12.5. The molecule has 2 aromatic rings. The Morgan fingerprint density at radius 1 is 0.909 bits per heavy atom. The maximum Gasteiger partial charge on any atom is 0.416 e. The number of hydrogen-bond acceptors (Lipinski definition) is 3. The van der Waals surface area contributed by atoms with Gasteiger partial charge in [-0.05, 0) is 91.5 Å². The normalized spacial score (nSPS) is 23.9. The highest BCUT2D eigenvalue weighted by atomic mass is 32.2. The Morgan fingerprint density at radius 2 is 1.64 bits per heavy atom. The Labute approximate surface area is 196 Å². The third-order valence-corrected chi connectivity index (χ3v) is 8.36. The largest absolute Gasteiger partial charge is 0.416 e. The summed E-state index contributed by atoms with van der Waals surface area (Å²) >= 11 is 1.35. The quantitative estimate of drug-likeness (QED) is 0.416. The maximum atomic E-state index is 14.0. The van der Waals surface area contributed by atoms with Gasteiger partial charge in [0.25, 0.3) is 0 Å². The Bertz CT molecular complexity index is 1060. The van der Waals surface area contributed by atoms with E-state index in [1.807, 2.05) is 0 Å². The number of halogens is 4. The minimum absolute atomic E-state index is 0.331. The van der Waals surface area contributed by atoms with Gasteiger partial charge in [0.15, 0.2) is 0 Å². The van der Waals surface area contributed by atoms with Crippen molar-refractivity contribution in [2.45, 2.75) is 60.5 Å². The van der Waals surface area contributed by atoms with Gasteiger partial charge in [-0.25, -0.2) is 4.39 Å². The van der Waals surface area contributed by atoms with E-state index in [-0.39, 0.29) is 5.82 Å². The molecule has 7 heteroatoms. The summed E-state index contributed by atoms with van der Waals surface area (Å²) in [6.45, 7) is 2.88. The predicted molar refractivity (Wildman–Crippen MR) is 124 cm³/mol. The van der Waals surface area contributed by atoms with E-state index in [0.29, 0.717) is 17.5 Å². The van der Waals surface area contributed by atoms with E-state index in [4.69, 9.17) is 5.73 Å². The molecule has 0 spiro atoms. The molecular formula is C26H28F4N2S. The number of hydrogen-bond donors (Lipinski definition) is 1. The highest BCUT2D eigenvalue weighted by Gasteiger charge is 2.34. The second-order valence-electron chi connectivity index (χ2n) is 9.51. The molecule has 2 N–H and O–H groups in total. The number of nitrogens with zero attached hydrogens (tertiary/aromatic N) is 1. The van der Waals surface area contributed by atoms with E-state index in [2.05, 4.69) is 4.90 Å². The van der Waals surface area contributed by atoms with Crippen molar-refractivity contribution in [1.29, 1.82) is 0 Å². The lowest BCUT2D eigenvalue weighted by atomic mass is 9.84. The van der Waals surface area contributed by atoms with Gasteiger partial charge in [0, 0.05) is 35.5 Å². The number of nitrogens with two attached hydrogens (primary N) is 1. The summed E-state index contributed by atoms with van der Waals surface area (Å²) < 4.78 is 54.4. The van der Waals surface area contributed by atoms with Crippen LogP contribution in [-0.4, -0.2) is 30.6 Å². The number of alkyl halides is 3. The SMILES string of the molecule is N[C@H]1CC[C@H](CN2CCC(=C3c4ccc(F)cc4Sc4ccc(C(F)(F)F)cc43)CC2)CC1. The second-order valence-corrected chi connectivity index (χ2v) is 10.6. The molecule has 0 atom stereocenters. The topological polar surface area (TPSA) is 29.3 Å². The van der Waals surface area contributed by atoms with Gasteiger partial charge in [0.2, 0.25) is 0 Å². The number of rotatable bonds is 2. The van der Waals surface area contributed by atoms with Crippen LogP contribution in [0.2, 0.25) is 0 Å². The van der Waals surface area contributed by atoms with Crippen LogP contribution >= 0.6 is 11.8 Å². The number of likely N-dealkylation sites (tertiary alicyclic amines) is 1. The van der Waals surface area contributed by atoms with Gasteiger partial charge in [-0.15, -0.1) is 0 Å². The monoisotopic (exact) mass is 476 g/mol. The van der Waals surface area contributed by atoms with Crippen LogP contribution in [0.15, 0.2) is 51.8 Å². The summed E-state index contributed by atoms with van der Waals surface area (Å²) in [6.07, 6.45) is 1.78. The standard InChI is InChI=1S/C26H28F4N2S/c27-19-4-7-21-24(14-19)33-23-8-3-18(26(28,29)30)13-22(23)25(21)17-9-11-32(12-10-17)15-16-1-5-20(31)6-2-16/h3-4,7-8,13-14,16,20H,1-2,5-6,9-12,15,31H2/t16-,20-. The van der Waals surface area contributed by atoms with Crippen molar-refractivity contribution < 1.29 is 17.6 Å². The van der Waals surface area contributed by atoms with E-state index >= 15 is 0 Å². The van der Waals surface area contributed by atoms with Crippen LogP contribution in [-0.2, 0) is 6.18 Å². The smallest absolute Gasteiger partial charge is 0.328 e. The lowest BCUT2D eigenvalue weighted by molar-refractivity contribution is -0.137. The van der Waals surface area contributed by atoms with Crippen molar-refractivity contribution in [3.8, 4) is 0 Å². The number of piperidine rings is 1. The molecule has 0 bridgehead atoms. The molecule has 2 aromatic carbocycles. The summed E-state index contributed by atoms with van der Waals surface area (Å²) in [4.78, 5) is 4.01. The van der Waals surface area contributed by atoms with E-state index in [9.17, 15) is 17.6 Å². The van der Waals surface area contributed by atoms with Crippen LogP contribution in [0, 0.1) is 11.7 Å². The van der Waals surface area contributed by atoms with Crippen molar-refractivity contribution in [2.24, 2.45) is 11.7 Å². The molecule has 0 amide bonds. The van der Waals surface area contributed by atoms with E-state index in [1.165, 1.54) is 54.4 Å². The molecule has 33 heavy (non-hydrogen) atoms. The van der Waals surface area contributed by atoms with Crippen LogP contribution < -0.4 is 5.73 Å². The van der Waals surface area contributed by atoms with Gasteiger partial charge in [0.05, 0.1) is 5.56 Å². The van der Waals surface area contributed by atoms with Gasteiger partial charge in [-0.1, -0.05) is 23.4 Å². The van der Waals surface area contributed by atoms with Crippen LogP contribution in [0.25, 0.3) is 5.57 Å². The van der Waals surface area contributed by atoms with Crippen molar-refractivity contribution >= 4 is 17.3 Å². The number of benzene rings is 2. The fourth-order valence-corrected chi connectivity index (χ4v) is 6.51. The highest BCUT2D eigenvalue weighted by Crippen LogP contribution is 2.49. The minimum Gasteiger partial charge on any atom is -0.328 e. The van der Waals surface area contributed by atoms with Crippen LogP contribution in [0.3, 0.4) is 0 Å². The van der Waals surface area contributed by atoms with Crippen LogP contribution in [0.1, 0.15) is 55.2 Å². The molecule has 1 aliphatic carbocycles. The lowest BCUT2D eigenvalue weighted by Gasteiger charge is -2.35. The third-order valence-electron chi connectivity index (χ3n) is 7.23. The first-order valence-electron chi connectivity index (χ1n) is 11.7. The Balaban J connectivity index is 1.44. The molecule has 0 aromatic heterocycles. The Kier molecular flexibility index (Phi) is 6.31. The van der Waals surface area contributed by atoms with Gasteiger partial charge >= 0.3 is 6.18 Å². The molecule has 2 nitrogen and oxygen atoms in total. The summed E-state index contributed by atoms with van der Waals surface area (Å²) in [5.74, 6) is 0.354. The zero-order valence-corrected chi connectivity index (χ0v) is 19.2. The summed E-state index contributed by atoms with van der Waals surface area (Å²) in [6, 6.07) is 8.88. The molecule has 2 fully saturated rings. The van der Waals surface area contributed by atoms with E-state index in [1.54, 1.807) is 6.07 Å². The molecule has 2 aliphatic heterocycles. The van der Waals surface area contributed by atoms with Gasteiger partial charge < -0.3 is 10.6 Å². The Morgan fingerprint density at radius 3 is 2.33 bits per heavy atom. The average molecular weight is 477 g/mol. The molecule has 1 saturated heterocycles. The van der Waals surface area contributed by atoms with Crippen molar-refractivity contribution in [1.82, 2.24) is 4.90 Å². The maximum absolute atomic E-state index is 14.0. The van der Waals surface area contributed by atoms with Crippen LogP contribution in [0.4, 0.5) is 17.6 Å². The molecular weight excluding hydrogens is 448 g/mol. The van der Waals surface area contributed by atoms with E-state index < -0.39 is 11.7 Å². The highest BCUT2D eigenvalue weighted by molar-refractivity contribution is 7.99. The molecule has 176 valence electrons. The van der Waals surface area contributed by atoms with Crippen molar-refractivity contribution in [2.75, 3.05) is 19.6 Å². The molecule has 0 radical (unpaired) electrons. The first-order chi connectivity index (χ1) is 15.8. The fraction of sp³-hybridized carbons (Fsp3) is 0.462. The predicted octanol–water partition coefficient (Wildman–Crippen LogP) is 6.72. The third kappa shape index (κ3) is 4.86. The molecule has 5 rings (SSSR count).